The molecule has 1 aliphatic heterocycles. The maximum absolute atomic E-state index is 11.6. The quantitative estimate of drug-likeness (QED) is 0.829. The lowest BCUT2D eigenvalue weighted by atomic mass is 10.1. The molecule has 0 saturated carbocycles. The van der Waals surface area contributed by atoms with Crippen molar-refractivity contribution in [3.8, 4) is 0 Å². The van der Waals surface area contributed by atoms with E-state index < -0.39 is 0 Å². The topological polar surface area (TPSA) is 83.1 Å². The van der Waals surface area contributed by atoms with Crippen LogP contribution >= 0.6 is 12.2 Å². The Hall–Kier alpha value is -1.70. The molecule has 0 atom stereocenters. The molecule has 7 nitrogen and oxygen atoms in total. The number of aryl methyl sites for hydroxylation is 1. The average Bonchev–Trinajstić information content (AvgIpc) is 2.44. The molecule has 2 heterocycles. The minimum absolute atomic E-state index is 0.232. The van der Waals surface area contributed by atoms with Crippen LogP contribution in [0.3, 0.4) is 0 Å². The van der Waals surface area contributed by atoms with E-state index in [-0.39, 0.29) is 12.1 Å². The van der Waals surface area contributed by atoms with E-state index in [1.54, 1.807) is 4.90 Å². The lowest BCUT2D eigenvalue weighted by Crippen LogP contribution is -2.42. The van der Waals surface area contributed by atoms with Gasteiger partial charge in [-0.05, 0) is 38.9 Å². The fourth-order valence-electron chi connectivity index (χ4n) is 2.14. The van der Waals surface area contributed by atoms with Crippen molar-refractivity contribution in [2.75, 3.05) is 25.0 Å². The molecule has 1 aromatic heterocycles. The van der Waals surface area contributed by atoms with Crippen molar-refractivity contribution in [3.63, 3.8) is 0 Å². The zero-order valence-electron chi connectivity index (χ0n) is 11.7. The lowest BCUT2D eigenvalue weighted by molar-refractivity contribution is 0.0983. The first-order valence-electron chi connectivity index (χ1n) is 6.71. The Balaban J connectivity index is 1.90. The smallest absolute Gasteiger partial charge is 0.409 e. The van der Waals surface area contributed by atoms with Crippen molar-refractivity contribution in [2.24, 2.45) is 0 Å². The van der Waals surface area contributed by atoms with E-state index >= 15 is 0 Å². The Labute approximate surface area is 122 Å². The zero-order chi connectivity index (χ0) is 14.5. The lowest BCUT2D eigenvalue weighted by Gasteiger charge is -2.31. The Bertz CT molecular complexity index is 525. The number of ether oxygens (including phenoxy) is 1. The van der Waals surface area contributed by atoms with Crippen LogP contribution in [0, 0.1) is 11.7 Å². The van der Waals surface area contributed by atoms with Crippen LogP contribution in [-0.4, -0.2) is 51.9 Å². The molecule has 2 N–H and O–H groups in total. The van der Waals surface area contributed by atoms with Gasteiger partial charge in [0.1, 0.15) is 0 Å². The average molecular weight is 297 g/mol. The van der Waals surface area contributed by atoms with Crippen LogP contribution in [0.4, 0.5) is 10.6 Å². The van der Waals surface area contributed by atoms with Crippen LogP contribution in [0.1, 0.15) is 25.5 Å². The summed E-state index contributed by atoms with van der Waals surface area (Å²) in [6.07, 6.45) is 1.47. The largest absolute Gasteiger partial charge is 0.450 e. The summed E-state index contributed by atoms with van der Waals surface area (Å²) < 4.78 is 5.36. The summed E-state index contributed by atoms with van der Waals surface area (Å²) in [5.41, 5.74) is 0.784. The molecule has 0 aromatic carbocycles. The highest BCUT2D eigenvalue weighted by molar-refractivity contribution is 7.71. The SMILES string of the molecule is CCOC(=O)N1CCC(Nc2nc(=S)[nH]nc2C)CC1. The molecule has 20 heavy (non-hydrogen) atoms. The number of amides is 1. The first-order chi connectivity index (χ1) is 9.60. The maximum atomic E-state index is 11.6. The summed E-state index contributed by atoms with van der Waals surface area (Å²) >= 11 is 4.97. The van der Waals surface area contributed by atoms with E-state index in [1.165, 1.54) is 0 Å². The predicted molar refractivity (Wildman–Crippen MR) is 77.2 cm³/mol. The number of carbonyl (C=O) groups excluding carboxylic acids is 1. The maximum Gasteiger partial charge on any atom is 0.409 e. The van der Waals surface area contributed by atoms with Gasteiger partial charge in [-0.2, -0.15) is 10.1 Å². The van der Waals surface area contributed by atoms with Crippen LogP contribution in [0.5, 0.6) is 0 Å². The van der Waals surface area contributed by atoms with Crippen LogP contribution in [0.15, 0.2) is 0 Å². The number of H-pyrrole nitrogens is 1. The van der Waals surface area contributed by atoms with Crippen molar-refractivity contribution in [3.05, 3.63) is 10.5 Å². The fraction of sp³-hybridized carbons (Fsp3) is 0.667. The molecule has 1 aliphatic rings. The van der Waals surface area contributed by atoms with Gasteiger partial charge < -0.3 is 15.0 Å². The number of nitrogens with one attached hydrogen (secondary N) is 2. The van der Waals surface area contributed by atoms with Crippen molar-refractivity contribution >= 4 is 24.1 Å². The van der Waals surface area contributed by atoms with Crippen LogP contribution in [0.2, 0.25) is 0 Å². The molecular weight excluding hydrogens is 278 g/mol. The van der Waals surface area contributed by atoms with E-state index in [2.05, 4.69) is 20.5 Å². The van der Waals surface area contributed by atoms with Gasteiger partial charge in [-0.1, -0.05) is 0 Å². The van der Waals surface area contributed by atoms with Gasteiger partial charge in [-0.3, -0.25) is 5.10 Å². The molecule has 2 rings (SSSR count). The molecule has 8 heteroatoms. The van der Waals surface area contributed by atoms with E-state index in [0.717, 1.165) is 18.5 Å². The van der Waals surface area contributed by atoms with Gasteiger partial charge in [0.25, 0.3) is 0 Å². The molecule has 1 saturated heterocycles. The number of carbonyl (C=O) groups is 1. The molecule has 0 unspecified atom stereocenters. The summed E-state index contributed by atoms with van der Waals surface area (Å²) in [6.45, 7) is 5.46. The molecule has 1 aromatic rings. The first-order valence-corrected chi connectivity index (χ1v) is 7.12. The van der Waals surface area contributed by atoms with Crippen molar-refractivity contribution in [1.82, 2.24) is 20.1 Å². The molecule has 110 valence electrons. The second-order valence-corrected chi connectivity index (χ2v) is 5.07. The number of aromatic nitrogens is 3. The molecule has 1 amide bonds. The van der Waals surface area contributed by atoms with E-state index in [9.17, 15) is 4.79 Å². The summed E-state index contributed by atoms with van der Waals surface area (Å²) in [6, 6.07) is 0.269. The van der Waals surface area contributed by atoms with Gasteiger partial charge in [-0.15, -0.1) is 0 Å². The number of rotatable bonds is 3. The molecule has 0 radical (unpaired) electrons. The number of piperidine rings is 1. The fourth-order valence-corrected chi connectivity index (χ4v) is 2.28. The number of likely N-dealkylation sites (tertiary alicyclic amines) is 1. The van der Waals surface area contributed by atoms with Gasteiger partial charge in [0.05, 0.1) is 12.3 Å². The minimum Gasteiger partial charge on any atom is -0.450 e. The summed E-state index contributed by atoms with van der Waals surface area (Å²) in [7, 11) is 0. The number of anilines is 1. The second-order valence-electron chi connectivity index (χ2n) is 4.68. The van der Waals surface area contributed by atoms with Gasteiger partial charge in [0.2, 0.25) is 4.77 Å². The Morgan fingerprint density at radius 3 is 2.90 bits per heavy atom. The Kier molecular flexibility index (Phi) is 4.89. The highest BCUT2D eigenvalue weighted by Crippen LogP contribution is 2.17. The summed E-state index contributed by atoms with van der Waals surface area (Å²) in [4.78, 5) is 17.6. The van der Waals surface area contributed by atoms with Gasteiger partial charge >= 0.3 is 6.09 Å². The molecule has 0 bridgehead atoms. The number of hydrogen-bond acceptors (Lipinski definition) is 6. The van der Waals surface area contributed by atoms with Crippen LogP contribution in [0.25, 0.3) is 0 Å². The number of aromatic amines is 1. The summed E-state index contributed by atoms with van der Waals surface area (Å²) in [5, 5.41) is 10.1. The zero-order valence-corrected chi connectivity index (χ0v) is 12.5. The third-order valence-corrected chi connectivity index (χ3v) is 3.42. The van der Waals surface area contributed by atoms with Crippen LogP contribution in [-0.2, 0) is 4.74 Å². The minimum atomic E-state index is -0.232. The molecule has 1 fully saturated rings. The van der Waals surface area contributed by atoms with Crippen molar-refractivity contribution in [1.29, 1.82) is 0 Å². The standard InChI is InChI=1S/C12H19N5O2S/c1-3-19-12(18)17-6-4-9(5-7-17)13-10-8(2)15-16-11(20)14-10/h9H,3-7H2,1-2H3,(H2,13,14,16,20). The van der Waals surface area contributed by atoms with Crippen molar-refractivity contribution < 1.29 is 9.53 Å². The molecule has 0 aliphatic carbocycles. The third kappa shape index (κ3) is 3.66. The Morgan fingerprint density at radius 1 is 1.55 bits per heavy atom. The second kappa shape index (κ2) is 6.65. The molecule has 0 spiro atoms. The van der Waals surface area contributed by atoms with Gasteiger partial charge in [0, 0.05) is 19.1 Å². The van der Waals surface area contributed by atoms with Gasteiger partial charge in [0.15, 0.2) is 5.82 Å². The van der Waals surface area contributed by atoms with Crippen LogP contribution < -0.4 is 5.32 Å². The molecular formula is C12H19N5O2S. The van der Waals surface area contributed by atoms with E-state index in [4.69, 9.17) is 17.0 Å². The highest BCUT2D eigenvalue weighted by atomic mass is 32.1. The number of hydrogen-bond donors (Lipinski definition) is 2. The van der Waals surface area contributed by atoms with Crippen molar-refractivity contribution in [2.45, 2.75) is 32.7 Å². The predicted octanol–water partition coefficient (Wildman–Crippen LogP) is 1.88. The van der Waals surface area contributed by atoms with E-state index in [1.807, 2.05) is 13.8 Å². The van der Waals surface area contributed by atoms with Gasteiger partial charge in [-0.25, -0.2) is 4.79 Å². The first kappa shape index (κ1) is 14.7. The third-order valence-electron chi connectivity index (χ3n) is 3.24. The highest BCUT2D eigenvalue weighted by Gasteiger charge is 2.24. The number of nitrogens with zero attached hydrogens (tertiary/aromatic N) is 3. The Morgan fingerprint density at radius 2 is 2.25 bits per heavy atom. The van der Waals surface area contributed by atoms with E-state index in [0.29, 0.717) is 30.3 Å². The monoisotopic (exact) mass is 297 g/mol. The summed E-state index contributed by atoms with van der Waals surface area (Å²) in [5.74, 6) is 0.711. The normalized spacial score (nSPS) is 16.0.